The highest BCUT2D eigenvalue weighted by Crippen LogP contribution is 2.46. The molecule has 24 heteroatoms. The van der Waals surface area contributed by atoms with Crippen LogP contribution in [0.4, 0.5) is 0 Å². The monoisotopic (exact) mass is 746 g/mol. The first-order chi connectivity index (χ1) is 26.3. The van der Waals surface area contributed by atoms with Crippen molar-refractivity contribution < 1.29 is 57.5 Å². The summed E-state index contributed by atoms with van der Waals surface area (Å²) in [5.41, 5.74) is -4.08. The van der Waals surface area contributed by atoms with Gasteiger partial charge in [-0.3, -0.25) is 0 Å². The van der Waals surface area contributed by atoms with Crippen molar-refractivity contribution in [3.8, 4) is 0 Å². The van der Waals surface area contributed by atoms with Gasteiger partial charge in [-0.2, -0.15) is 30.0 Å². The van der Waals surface area contributed by atoms with Crippen LogP contribution in [0.15, 0.2) is 59.9 Å². The van der Waals surface area contributed by atoms with Gasteiger partial charge in [0.25, 0.3) is 0 Å². The molecule has 0 aliphatic rings. The molecule has 278 valence electrons. The molecule has 0 amide bonds. The van der Waals surface area contributed by atoms with Gasteiger partial charge in [-0.1, -0.05) is 12.8 Å². The third kappa shape index (κ3) is 13.4. The maximum absolute atomic E-state index is 11.7. The van der Waals surface area contributed by atoms with Crippen LogP contribution in [0.1, 0.15) is 25.7 Å². The van der Waals surface area contributed by atoms with E-state index in [2.05, 4.69) is 59.9 Å². The molecule has 0 aromatic rings. The zero-order valence-corrected chi connectivity index (χ0v) is 27.8. The number of carbonyl (C=O) groups excluding carboxylic acids is 12. The van der Waals surface area contributed by atoms with E-state index in [1.807, 2.05) is 0 Å². The van der Waals surface area contributed by atoms with E-state index in [1.54, 1.807) is 0 Å². The van der Waals surface area contributed by atoms with Gasteiger partial charge >= 0.3 is 0 Å². The third-order valence-electron chi connectivity index (χ3n) is 8.42. The van der Waals surface area contributed by atoms with Crippen molar-refractivity contribution in [2.45, 2.75) is 61.9 Å². The Labute approximate surface area is 302 Å². The van der Waals surface area contributed by atoms with Gasteiger partial charge in [-0.25, -0.2) is 87.5 Å². The number of nitrogens with zero attached hydrogens (tertiary/aromatic N) is 12. The summed E-state index contributed by atoms with van der Waals surface area (Å²) in [6, 6.07) is -9.71. The molecule has 24 nitrogen and oxygen atoms in total. The van der Waals surface area contributed by atoms with Crippen molar-refractivity contribution in [1.82, 2.24) is 0 Å². The predicted molar refractivity (Wildman–Crippen MR) is 173 cm³/mol. The van der Waals surface area contributed by atoms with Crippen LogP contribution in [0.25, 0.3) is 0 Å². The Morgan fingerprint density at radius 2 is 0.444 bits per heavy atom. The van der Waals surface area contributed by atoms with Crippen molar-refractivity contribution in [3.05, 3.63) is 0 Å². The minimum absolute atomic E-state index is 0.236. The summed E-state index contributed by atoms with van der Waals surface area (Å²) in [6.45, 7) is -4.29. The number of rotatable bonds is 29. The van der Waals surface area contributed by atoms with Crippen LogP contribution in [0, 0.1) is 10.8 Å². The first-order valence-corrected chi connectivity index (χ1v) is 15.0. The molecular formula is C30H26N12O12. The van der Waals surface area contributed by atoms with Gasteiger partial charge in [0.2, 0.25) is 73.0 Å². The van der Waals surface area contributed by atoms with Crippen molar-refractivity contribution >= 4 is 73.0 Å². The van der Waals surface area contributed by atoms with Crippen LogP contribution in [0.3, 0.4) is 0 Å². The standard InChI is InChI=1S/C30H26N12O12/c43-11-31-5-23(37-17-49)29(24(38-18-50)6-32-12-44,25(39-19-51)7-33-13-45)3-1-2-4-30(26(40-20-52)8-34-14-46,27(41-21-53)9-35-15-47)28(42-22-54)10-36-16-48/h23-28H,1-10H2. The van der Waals surface area contributed by atoms with Crippen LogP contribution in [0.5, 0.6) is 0 Å². The van der Waals surface area contributed by atoms with Gasteiger partial charge in [-0.15, -0.1) is 0 Å². The van der Waals surface area contributed by atoms with Crippen LogP contribution in [-0.4, -0.2) is 148 Å². The molecule has 0 N–H and O–H groups in total. The van der Waals surface area contributed by atoms with E-state index in [9.17, 15) is 57.5 Å². The predicted octanol–water partition coefficient (Wildman–Crippen LogP) is -1.24. The average molecular weight is 747 g/mol. The van der Waals surface area contributed by atoms with Gasteiger partial charge < -0.3 is 0 Å². The second-order valence-corrected chi connectivity index (χ2v) is 10.4. The zero-order valence-electron chi connectivity index (χ0n) is 27.8. The zero-order chi connectivity index (χ0) is 40.5. The Balaban J connectivity index is 8.24. The fraction of sp³-hybridized carbons (Fsp3) is 0.600. The Kier molecular flexibility index (Phi) is 24.4. The summed E-state index contributed by atoms with van der Waals surface area (Å²) in [4.78, 5) is 180. The molecule has 54 heavy (non-hydrogen) atoms. The first kappa shape index (κ1) is 46.6. The lowest BCUT2D eigenvalue weighted by atomic mass is 9.63. The molecular weight excluding hydrogens is 720 g/mol. The van der Waals surface area contributed by atoms with Crippen LogP contribution in [-0.2, 0) is 57.5 Å². The maximum Gasteiger partial charge on any atom is 0.235 e. The fourth-order valence-electron chi connectivity index (χ4n) is 6.30. The van der Waals surface area contributed by atoms with Gasteiger partial charge in [0, 0.05) is 10.8 Å². The van der Waals surface area contributed by atoms with E-state index in [0.717, 1.165) is 0 Å². The number of isocyanates is 12. The van der Waals surface area contributed by atoms with E-state index in [0.29, 0.717) is 0 Å². The molecule has 6 unspecified atom stereocenters. The molecule has 0 spiro atoms. The summed E-state index contributed by atoms with van der Waals surface area (Å²) < 4.78 is 0. The first-order valence-electron chi connectivity index (χ1n) is 15.0. The third-order valence-corrected chi connectivity index (χ3v) is 8.42. The topological polar surface area (TPSA) is 353 Å². The second-order valence-electron chi connectivity index (χ2n) is 10.4. The minimum Gasteiger partial charge on any atom is -0.211 e. The summed E-state index contributed by atoms with van der Waals surface area (Å²) in [6.07, 6.45) is 13.6. The molecule has 0 radical (unpaired) electrons. The molecule has 0 saturated carbocycles. The van der Waals surface area contributed by atoms with Gasteiger partial charge in [-0.05, 0) is 12.8 Å². The van der Waals surface area contributed by atoms with Gasteiger partial charge in [0.1, 0.15) is 0 Å². The molecule has 0 heterocycles. The highest BCUT2D eigenvalue weighted by Gasteiger charge is 2.54. The number of hydrogen-bond donors (Lipinski definition) is 0. The molecule has 0 fully saturated rings. The van der Waals surface area contributed by atoms with Gasteiger partial charge in [0.15, 0.2) is 0 Å². The quantitative estimate of drug-likeness (QED) is 0.0493. The molecule has 0 aliphatic heterocycles. The van der Waals surface area contributed by atoms with E-state index in [1.165, 1.54) is 73.0 Å². The Morgan fingerprint density at radius 3 is 0.574 bits per heavy atom. The van der Waals surface area contributed by atoms with Crippen molar-refractivity contribution in [2.24, 2.45) is 70.7 Å². The van der Waals surface area contributed by atoms with E-state index in [4.69, 9.17) is 0 Å². The summed E-state index contributed by atoms with van der Waals surface area (Å²) in [7, 11) is 0. The number of aliphatic imine (C=N–C) groups is 12. The molecule has 0 aliphatic carbocycles. The smallest absolute Gasteiger partial charge is 0.211 e. The number of unbranched alkanes of at least 4 members (excludes halogenated alkanes) is 1. The molecule has 0 saturated heterocycles. The fourth-order valence-corrected chi connectivity index (χ4v) is 6.30. The Hall–Kier alpha value is -7.44. The largest absolute Gasteiger partial charge is 0.235 e. The van der Waals surface area contributed by atoms with Gasteiger partial charge in [0.05, 0.1) is 75.5 Å². The summed E-state index contributed by atoms with van der Waals surface area (Å²) in [5.74, 6) is 0. The highest BCUT2D eigenvalue weighted by molar-refractivity contribution is 5.42. The summed E-state index contributed by atoms with van der Waals surface area (Å²) in [5, 5.41) is 0. The van der Waals surface area contributed by atoms with Crippen molar-refractivity contribution in [3.63, 3.8) is 0 Å². The van der Waals surface area contributed by atoms with E-state index >= 15 is 0 Å². The second kappa shape index (κ2) is 28.3. The number of hydrogen-bond acceptors (Lipinski definition) is 24. The maximum atomic E-state index is 11.7. The van der Waals surface area contributed by atoms with Crippen LogP contribution >= 0.6 is 0 Å². The Bertz CT molecular complexity index is 1540. The normalized spacial score (nSPS) is 14.9. The molecule has 0 rings (SSSR count). The summed E-state index contributed by atoms with van der Waals surface area (Å²) >= 11 is 0. The lowest BCUT2D eigenvalue weighted by Gasteiger charge is -2.45. The average Bonchev–Trinajstić information content (AvgIpc) is 3.18. The van der Waals surface area contributed by atoms with Crippen LogP contribution in [0.2, 0.25) is 0 Å². The SMILES string of the molecule is O=C=NCC(N=C=O)C(CCCCC(C(CN=C=O)N=C=O)(C(CN=C=O)N=C=O)C(CN=C=O)N=C=O)(C(CN=C=O)N=C=O)C(CN=C=O)N=C=O. The van der Waals surface area contributed by atoms with Crippen molar-refractivity contribution in [2.75, 3.05) is 39.3 Å². The minimum atomic E-state index is -2.04. The lowest BCUT2D eigenvalue weighted by Crippen LogP contribution is -2.56. The van der Waals surface area contributed by atoms with Crippen molar-refractivity contribution in [1.29, 1.82) is 0 Å². The van der Waals surface area contributed by atoms with Crippen LogP contribution < -0.4 is 0 Å². The molecule has 0 aromatic heterocycles. The Morgan fingerprint density at radius 1 is 0.278 bits per heavy atom. The molecule has 0 bridgehead atoms. The molecule has 0 aromatic carbocycles. The lowest BCUT2D eigenvalue weighted by molar-refractivity contribution is 0.101. The molecule has 6 atom stereocenters. The van der Waals surface area contributed by atoms with E-state index in [-0.39, 0.29) is 12.8 Å². The van der Waals surface area contributed by atoms with E-state index < -0.39 is 99.2 Å². The highest BCUT2D eigenvalue weighted by atomic mass is 16.1.